The minimum absolute atomic E-state index is 0.0965. The molecule has 9 heteroatoms. The van der Waals surface area contributed by atoms with Crippen LogP contribution < -0.4 is 5.32 Å². The van der Waals surface area contributed by atoms with Gasteiger partial charge in [-0.1, -0.05) is 35.5 Å². The highest BCUT2D eigenvalue weighted by Gasteiger charge is 2.23. The van der Waals surface area contributed by atoms with Gasteiger partial charge in [0.15, 0.2) is 6.61 Å². The summed E-state index contributed by atoms with van der Waals surface area (Å²) in [6.07, 6.45) is 0. The standard InChI is InChI=1S/C19H15N3O6/c1-12-17(18(21-28-12)13-5-3-2-4-6-13)19(24)27-11-16(23)20-14-7-9-15(10-8-14)22(25)26/h2-10H,11H2,1H3,(H,20,23). The maximum atomic E-state index is 12.4. The Hall–Kier alpha value is -4.01. The molecule has 1 heterocycles. The fraction of sp³-hybridized carbons (Fsp3) is 0.105. The van der Waals surface area contributed by atoms with Gasteiger partial charge in [-0.25, -0.2) is 4.79 Å². The molecule has 0 unspecified atom stereocenters. The van der Waals surface area contributed by atoms with Crippen LogP contribution in [0.1, 0.15) is 16.1 Å². The minimum atomic E-state index is -0.739. The average Bonchev–Trinajstić information content (AvgIpc) is 3.09. The van der Waals surface area contributed by atoms with E-state index in [1.54, 1.807) is 31.2 Å². The summed E-state index contributed by atoms with van der Waals surface area (Å²) < 4.78 is 10.2. The Labute approximate surface area is 159 Å². The van der Waals surface area contributed by atoms with E-state index in [0.717, 1.165) is 0 Å². The normalized spacial score (nSPS) is 10.3. The molecule has 0 aliphatic carbocycles. The molecule has 0 radical (unpaired) electrons. The lowest BCUT2D eigenvalue weighted by molar-refractivity contribution is -0.384. The average molecular weight is 381 g/mol. The van der Waals surface area contributed by atoms with Crippen LogP contribution in [0.25, 0.3) is 11.3 Å². The Morgan fingerprint density at radius 3 is 2.46 bits per heavy atom. The molecule has 0 atom stereocenters. The van der Waals surface area contributed by atoms with Gasteiger partial charge in [-0.05, 0) is 19.1 Å². The van der Waals surface area contributed by atoms with Crippen molar-refractivity contribution in [3.63, 3.8) is 0 Å². The predicted molar refractivity (Wildman–Crippen MR) is 98.7 cm³/mol. The molecule has 0 saturated carbocycles. The maximum Gasteiger partial charge on any atom is 0.344 e. The number of aryl methyl sites for hydroxylation is 1. The van der Waals surface area contributed by atoms with Crippen LogP contribution in [0, 0.1) is 17.0 Å². The lowest BCUT2D eigenvalue weighted by Gasteiger charge is -2.07. The molecule has 3 aromatic rings. The summed E-state index contributed by atoms with van der Waals surface area (Å²) in [5.74, 6) is -1.05. The topological polar surface area (TPSA) is 125 Å². The number of nitro groups is 1. The molecule has 9 nitrogen and oxygen atoms in total. The number of anilines is 1. The third-order valence-electron chi connectivity index (χ3n) is 3.81. The van der Waals surface area contributed by atoms with Gasteiger partial charge in [0.05, 0.1) is 4.92 Å². The Morgan fingerprint density at radius 1 is 1.14 bits per heavy atom. The Morgan fingerprint density at radius 2 is 1.82 bits per heavy atom. The summed E-state index contributed by atoms with van der Waals surface area (Å²) in [7, 11) is 0. The number of non-ortho nitro benzene ring substituents is 1. The highest BCUT2D eigenvalue weighted by molar-refractivity contribution is 5.99. The number of nitrogens with zero attached hydrogens (tertiary/aromatic N) is 2. The summed E-state index contributed by atoms with van der Waals surface area (Å²) in [5, 5.41) is 17.0. The number of nitro benzene ring substituents is 1. The number of hydrogen-bond acceptors (Lipinski definition) is 7. The molecule has 2 aromatic carbocycles. The quantitative estimate of drug-likeness (QED) is 0.394. The second-order valence-electron chi connectivity index (χ2n) is 5.76. The molecule has 0 bridgehead atoms. The second-order valence-corrected chi connectivity index (χ2v) is 5.76. The Bertz CT molecular complexity index is 1010. The fourth-order valence-electron chi connectivity index (χ4n) is 2.47. The molecule has 0 aliphatic heterocycles. The van der Waals surface area contributed by atoms with Crippen molar-refractivity contribution >= 4 is 23.3 Å². The minimum Gasteiger partial charge on any atom is -0.452 e. The molecular formula is C19H15N3O6. The van der Waals surface area contributed by atoms with Gasteiger partial charge in [0.25, 0.3) is 11.6 Å². The van der Waals surface area contributed by atoms with Gasteiger partial charge in [0.2, 0.25) is 0 Å². The molecule has 3 rings (SSSR count). The first-order valence-corrected chi connectivity index (χ1v) is 8.19. The molecule has 0 saturated heterocycles. The van der Waals surface area contributed by atoms with Crippen molar-refractivity contribution in [2.24, 2.45) is 0 Å². The highest BCUT2D eigenvalue weighted by atomic mass is 16.6. The van der Waals surface area contributed by atoms with Crippen molar-refractivity contribution in [3.05, 3.63) is 76.0 Å². The van der Waals surface area contributed by atoms with Gasteiger partial charge < -0.3 is 14.6 Å². The van der Waals surface area contributed by atoms with Crippen LogP contribution in [0.5, 0.6) is 0 Å². The number of ether oxygens (including phenoxy) is 1. The first-order valence-electron chi connectivity index (χ1n) is 8.19. The van der Waals surface area contributed by atoms with E-state index in [9.17, 15) is 19.7 Å². The summed E-state index contributed by atoms with van der Waals surface area (Å²) in [6, 6.07) is 14.3. The number of benzene rings is 2. The van der Waals surface area contributed by atoms with E-state index in [-0.39, 0.29) is 17.0 Å². The van der Waals surface area contributed by atoms with E-state index in [1.807, 2.05) is 6.07 Å². The van der Waals surface area contributed by atoms with Crippen LogP contribution in [0.2, 0.25) is 0 Å². The smallest absolute Gasteiger partial charge is 0.344 e. The van der Waals surface area contributed by atoms with Crippen molar-refractivity contribution in [2.75, 3.05) is 11.9 Å². The van der Waals surface area contributed by atoms with Crippen molar-refractivity contribution in [1.29, 1.82) is 0 Å². The first kappa shape index (κ1) is 18.8. The largest absolute Gasteiger partial charge is 0.452 e. The zero-order valence-electron chi connectivity index (χ0n) is 14.7. The van der Waals surface area contributed by atoms with Crippen molar-refractivity contribution in [2.45, 2.75) is 6.92 Å². The SMILES string of the molecule is Cc1onc(-c2ccccc2)c1C(=O)OCC(=O)Nc1ccc([N+](=O)[O-])cc1. The molecule has 0 aliphatic rings. The number of nitrogens with one attached hydrogen (secondary N) is 1. The van der Waals surface area contributed by atoms with Crippen LogP contribution in [0.3, 0.4) is 0 Å². The lowest BCUT2D eigenvalue weighted by atomic mass is 10.1. The third-order valence-corrected chi connectivity index (χ3v) is 3.81. The first-order chi connectivity index (χ1) is 13.5. The maximum absolute atomic E-state index is 12.4. The summed E-state index contributed by atoms with van der Waals surface area (Å²) in [6.45, 7) is 1.04. The second kappa shape index (κ2) is 8.12. The number of hydrogen-bond donors (Lipinski definition) is 1. The monoisotopic (exact) mass is 381 g/mol. The number of carbonyl (C=O) groups is 2. The van der Waals surface area contributed by atoms with E-state index in [4.69, 9.17) is 9.26 Å². The van der Waals surface area contributed by atoms with Crippen LogP contribution in [0.4, 0.5) is 11.4 Å². The van der Waals surface area contributed by atoms with Crippen molar-refractivity contribution in [3.8, 4) is 11.3 Å². The van der Waals surface area contributed by atoms with Crippen molar-refractivity contribution < 1.29 is 23.8 Å². The van der Waals surface area contributed by atoms with Crippen LogP contribution in [-0.2, 0) is 9.53 Å². The van der Waals surface area contributed by atoms with Crippen LogP contribution in [0.15, 0.2) is 59.1 Å². The van der Waals surface area contributed by atoms with Gasteiger partial charge in [-0.15, -0.1) is 0 Å². The van der Waals surface area contributed by atoms with E-state index in [0.29, 0.717) is 16.9 Å². The predicted octanol–water partition coefficient (Wildman–Crippen LogP) is 3.35. The summed E-state index contributed by atoms with van der Waals surface area (Å²) in [5.41, 5.74) is 1.41. The van der Waals surface area contributed by atoms with Gasteiger partial charge >= 0.3 is 5.97 Å². The number of amides is 1. The van der Waals surface area contributed by atoms with Crippen LogP contribution in [-0.4, -0.2) is 28.6 Å². The molecule has 1 aromatic heterocycles. The van der Waals surface area contributed by atoms with E-state index in [1.165, 1.54) is 24.3 Å². The zero-order chi connectivity index (χ0) is 20.1. The number of esters is 1. The Kier molecular flexibility index (Phi) is 5.45. The molecule has 142 valence electrons. The van der Waals surface area contributed by atoms with Gasteiger partial charge in [0, 0.05) is 23.4 Å². The molecule has 0 fully saturated rings. The van der Waals surface area contributed by atoms with Crippen molar-refractivity contribution in [1.82, 2.24) is 5.16 Å². The number of carbonyl (C=O) groups excluding carboxylic acids is 2. The third kappa shape index (κ3) is 4.21. The highest BCUT2D eigenvalue weighted by Crippen LogP contribution is 2.25. The molecule has 1 amide bonds. The number of rotatable bonds is 6. The summed E-state index contributed by atoms with van der Waals surface area (Å²) >= 11 is 0. The zero-order valence-corrected chi connectivity index (χ0v) is 14.7. The van der Waals surface area contributed by atoms with Gasteiger partial charge in [0.1, 0.15) is 17.0 Å². The van der Waals surface area contributed by atoms with E-state index >= 15 is 0 Å². The number of aromatic nitrogens is 1. The summed E-state index contributed by atoms with van der Waals surface area (Å²) in [4.78, 5) is 34.5. The van der Waals surface area contributed by atoms with E-state index < -0.39 is 23.4 Å². The molecule has 28 heavy (non-hydrogen) atoms. The fourth-order valence-corrected chi connectivity index (χ4v) is 2.47. The van der Waals surface area contributed by atoms with Crippen LogP contribution >= 0.6 is 0 Å². The Balaban J connectivity index is 1.64. The van der Waals surface area contributed by atoms with E-state index in [2.05, 4.69) is 10.5 Å². The molecule has 0 spiro atoms. The molecular weight excluding hydrogens is 366 g/mol. The van der Waals surface area contributed by atoms with Gasteiger partial charge in [-0.3, -0.25) is 14.9 Å². The van der Waals surface area contributed by atoms with Gasteiger partial charge in [-0.2, -0.15) is 0 Å². The molecule has 1 N–H and O–H groups in total. The lowest BCUT2D eigenvalue weighted by Crippen LogP contribution is -2.21.